The molecule has 0 aromatic heterocycles. The van der Waals surface area contributed by atoms with Crippen molar-refractivity contribution >= 4 is 21.4 Å². The SMILES string of the molecule is CNS(=O)(=O)c1ccc(N2CCN(CCO)CC2)c([N+](=O)[O-])c1. The number of nitrogens with one attached hydrogen (secondary N) is 1. The first-order valence-electron chi connectivity index (χ1n) is 7.19. The van der Waals surface area contributed by atoms with Crippen LogP contribution in [0.15, 0.2) is 23.1 Å². The van der Waals surface area contributed by atoms with E-state index in [9.17, 15) is 18.5 Å². The predicted octanol–water partition coefficient (Wildman–Crippen LogP) is -0.383. The van der Waals surface area contributed by atoms with E-state index < -0.39 is 14.9 Å². The van der Waals surface area contributed by atoms with Crippen LogP contribution in [-0.4, -0.2) is 69.7 Å². The lowest BCUT2D eigenvalue weighted by atomic mass is 10.2. The fourth-order valence-corrected chi connectivity index (χ4v) is 3.31. The molecule has 9 nitrogen and oxygen atoms in total. The molecule has 128 valence electrons. The van der Waals surface area contributed by atoms with Crippen molar-refractivity contribution < 1.29 is 18.4 Å². The van der Waals surface area contributed by atoms with Crippen LogP contribution in [0, 0.1) is 10.1 Å². The molecule has 2 N–H and O–H groups in total. The van der Waals surface area contributed by atoms with E-state index in [1.807, 2.05) is 4.90 Å². The lowest BCUT2D eigenvalue weighted by Gasteiger charge is -2.35. The molecule has 0 atom stereocenters. The molecule has 1 aliphatic heterocycles. The Morgan fingerprint density at radius 3 is 2.48 bits per heavy atom. The van der Waals surface area contributed by atoms with Gasteiger partial charge in [-0.25, -0.2) is 13.1 Å². The molecule has 23 heavy (non-hydrogen) atoms. The highest BCUT2D eigenvalue weighted by atomic mass is 32.2. The molecule has 0 saturated carbocycles. The molecule has 0 spiro atoms. The largest absolute Gasteiger partial charge is 0.395 e. The Morgan fingerprint density at radius 1 is 1.30 bits per heavy atom. The van der Waals surface area contributed by atoms with Crippen LogP contribution in [0.2, 0.25) is 0 Å². The molecule has 0 radical (unpaired) electrons. The zero-order valence-corrected chi connectivity index (χ0v) is 13.6. The van der Waals surface area contributed by atoms with Crippen molar-refractivity contribution in [2.24, 2.45) is 0 Å². The Hall–Kier alpha value is -1.75. The van der Waals surface area contributed by atoms with Gasteiger partial charge in [0.05, 0.1) is 16.4 Å². The molecule has 10 heteroatoms. The zero-order chi connectivity index (χ0) is 17.0. The van der Waals surface area contributed by atoms with Crippen LogP contribution in [0.5, 0.6) is 0 Å². The molecular weight excluding hydrogens is 324 g/mol. The number of aliphatic hydroxyl groups excluding tert-OH is 1. The second-order valence-electron chi connectivity index (χ2n) is 5.17. The molecule has 1 saturated heterocycles. The van der Waals surface area contributed by atoms with Crippen molar-refractivity contribution in [2.75, 3.05) is 51.3 Å². The average Bonchev–Trinajstić information content (AvgIpc) is 2.55. The maximum atomic E-state index is 11.8. The van der Waals surface area contributed by atoms with E-state index in [1.54, 1.807) is 0 Å². The Kier molecular flexibility index (Phi) is 5.52. The molecule has 1 aromatic rings. The fourth-order valence-electron chi connectivity index (χ4n) is 2.56. The van der Waals surface area contributed by atoms with Gasteiger partial charge >= 0.3 is 0 Å². The van der Waals surface area contributed by atoms with Crippen molar-refractivity contribution in [3.05, 3.63) is 28.3 Å². The van der Waals surface area contributed by atoms with Gasteiger partial charge in [-0.2, -0.15) is 0 Å². The van der Waals surface area contributed by atoms with Crippen molar-refractivity contribution in [3.63, 3.8) is 0 Å². The van der Waals surface area contributed by atoms with E-state index in [2.05, 4.69) is 9.62 Å². The first kappa shape index (κ1) is 17.6. The molecule has 1 heterocycles. The Morgan fingerprint density at radius 2 is 1.96 bits per heavy atom. The highest BCUT2D eigenvalue weighted by molar-refractivity contribution is 7.89. The van der Waals surface area contributed by atoms with Gasteiger partial charge in [-0.15, -0.1) is 0 Å². The number of hydrogen-bond donors (Lipinski definition) is 2. The number of aliphatic hydroxyl groups is 1. The summed E-state index contributed by atoms with van der Waals surface area (Å²) in [6, 6.07) is 3.93. The molecule has 0 aliphatic carbocycles. The minimum atomic E-state index is -3.73. The smallest absolute Gasteiger partial charge is 0.293 e. The summed E-state index contributed by atoms with van der Waals surface area (Å²) in [6.45, 7) is 3.20. The average molecular weight is 344 g/mol. The van der Waals surface area contributed by atoms with Gasteiger partial charge in [-0.05, 0) is 19.2 Å². The number of benzene rings is 1. The topological polar surface area (TPSA) is 116 Å². The summed E-state index contributed by atoms with van der Waals surface area (Å²) in [5.74, 6) is 0. The van der Waals surface area contributed by atoms with Gasteiger partial charge in [0, 0.05) is 38.8 Å². The fraction of sp³-hybridized carbons (Fsp3) is 0.538. The van der Waals surface area contributed by atoms with Crippen LogP contribution in [0.25, 0.3) is 0 Å². The monoisotopic (exact) mass is 344 g/mol. The summed E-state index contributed by atoms with van der Waals surface area (Å²) in [4.78, 5) is 14.6. The van der Waals surface area contributed by atoms with Crippen molar-refractivity contribution in [1.29, 1.82) is 0 Å². The van der Waals surface area contributed by atoms with E-state index >= 15 is 0 Å². The summed E-state index contributed by atoms with van der Waals surface area (Å²) < 4.78 is 25.7. The van der Waals surface area contributed by atoms with Gasteiger partial charge < -0.3 is 10.0 Å². The van der Waals surface area contributed by atoms with Crippen LogP contribution in [-0.2, 0) is 10.0 Å². The third kappa shape index (κ3) is 3.96. The highest BCUT2D eigenvalue weighted by Crippen LogP contribution is 2.31. The third-order valence-corrected chi connectivity index (χ3v) is 5.26. The Bertz CT molecular complexity index is 671. The standard InChI is InChI=1S/C13H20N4O5S/c1-14-23(21,22)11-2-3-12(13(10-11)17(19)20)16-6-4-15(5-7-16)8-9-18/h2-3,10,14,18H,4-9H2,1H3. The van der Waals surface area contributed by atoms with Gasteiger partial charge in [-0.3, -0.25) is 15.0 Å². The minimum Gasteiger partial charge on any atom is -0.395 e. The number of β-amino-alcohol motifs (C(OH)–C–C–N with tert-alkyl or cyclic N) is 1. The van der Waals surface area contributed by atoms with Crippen LogP contribution < -0.4 is 9.62 Å². The lowest BCUT2D eigenvalue weighted by molar-refractivity contribution is -0.384. The summed E-state index contributed by atoms with van der Waals surface area (Å²) >= 11 is 0. The van der Waals surface area contributed by atoms with Crippen LogP contribution >= 0.6 is 0 Å². The van der Waals surface area contributed by atoms with Crippen molar-refractivity contribution in [1.82, 2.24) is 9.62 Å². The molecule has 0 unspecified atom stereocenters. The van der Waals surface area contributed by atoms with Crippen molar-refractivity contribution in [2.45, 2.75) is 4.90 Å². The Balaban J connectivity index is 2.28. The number of anilines is 1. The summed E-state index contributed by atoms with van der Waals surface area (Å²) in [5, 5.41) is 20.3. The second-order valence-corrected chi connectivity index (χ2v) is 7.05. The molecular formula is C13H20N4O5S. The first-order chi connectivity index (χ1) is 10.9. The number of piperazine rings is 1. The van der Waals surface area contributed by atoms with Crippen LogP contribution in [0.1, 0.15) is 0 Å². The molecule has 1 aliphatic rings. The summed E-state index contributed by atoms with van der Waals surface area (Å²) in [7, 11) is -2.47. The highest BCUT2D eigenvalue weighted by Gasteiger charge is 2.26. The molecule has 2 rings (SSSR count). The second kappa shape index (κ2) is 7.21. The van der Waals surface area contributed by atoms with Gasteiger partial charge in [0.2, 0.25) is 10.0 Å². The van der Waals surface area contributed by atoms with E-state index in [-0.39, 0.29) is 17.2 Å². The summed E-state index contributed by atoms with van der Waals surface area (Å²) in [6.07, 6.45) is 0. The van der Waals surface area contributed by atoms with Gasteiger partial charge in [-0.1, -0.05) is 0 Å². The van der Waals surface area contributed by atoms with Crippen LogP contribution in [0.3, 0.4) is 0 Å². The number of nitro benzene ring substituents is 1. The van der Waals surface area contributed by atoms with Gasteiger partial charge in [0.1, 0.15) is 5.69 Å². The van der Waals surface area contributed by atoms with E-state index in [4.69, 9.17) is 5.11 Å². The predicted molar refractivity (Wildman–Crippen MR) is 85.1 cm³/mol. The number of nitrogens with zero attached hydrogens (tertiary/aromatic N) is 3. The maximum absolute atomic E-state index is 11.8. The Labute approximate surface area is 134 Å². The van der Waals surface area contributed by atoms with E-state index in [0.717, 1.165) is 6.07 Å². The number of hydrogen-bond acceptors (Lipinski definition) is 7. The zero-order valence-electron chi connectivity index (χ0n) is 12.8. The molecule has 1 aromatic carbocycles. The van der Waals surface area contributed by atoms with Gasteiger partial charge in [0.25, 0.3) is 5.69 Å². The quantitative estimate of drug-likeness (QED) is 0.533. The van der Waals surface area contributed by atoms with E-state index in [1.165, 1.54) is 19.2 Å². The van der Waals surface area contributed by atoms with E-state index in [0.29, 0.717) is 38.4 Å². The maximum Gasteiger partial charge on any atom is 0.293 e. The minimum absolute atomic E-state index is 0.0801. The normalized spacial score (nSPS) is 16.5. The van der Waals surface area contributed by atoms with Crippen molar-refractivity contribution in [3.8, 4) is 0 Å². The number of nitro groups is 1. The van der Waals surface area contributed by atoms with Crippen LogP contribution in [0.4, 0.5) is 11.4 Å². The first-order valence-corrected chi connectivity index (χ1v) is 8.67. The third-order valence-electron chi connectivity index (χ3n) is 3.85. The molecule has 0 bridgehead atoms. The molecule has 0 amide bonds. The van der Waals surface area contributed by atoms with Gasteiger partial charge in [0.15, 0.2) is 0 Å². The lowest BCUT2D eigenvalue weighted by Crippen LogP contribution is -2.47. The number of rotatable bonds is 6. The number of sulfonamides is 1. The summed E-state index contributed by atoms with van der Waals surface area (Å²) in [5.41, 5.74) is 0.186. The molecule has 1 fully saturated rings.